The molecule has 3 nitrogen and oxygen atoms in total. The third kappa shape index (κ3) is 3.11. The highest BCUT2D eigenvalue weighted by molar-refractivity contribution is 6.74. The highest BCUT2D eigenvalue weighted by Gasteiger charge is 2.48. The summed E-state index contributed by atoms with van der Waals surface area (Å²) < 4.78 is 6.34. The second-order valence-electron chi connectivity index (χ2n) is 6.82. The maximum absolute atomic E-state index is 12.0. The van der Waals surface area contributed by atoms with Crippen LogP contribution in [0.2, 0.25) is 18.1 Å². The number of hydrogen-bond donors (Lipinski definition) is 1. The Morgan fingerprint density at radius 3 is 2.39 bits per heavy atom. The molecule has 0 radical (unpaired) electrons. The first-order valence-electron chi connectivity index (χ1n) is 6.56. The summed E-state index contributed by atoms with van der Waals surface area (Å²) in [6, 6.07) is 0. The predicted molar refractivity (Wildman–Crippen MR) is 76.1 cm³/mol. The van der Waals surface area contributed by atoms with Gasteiger partial charge in [0.2, 0.25) is 0 Å². The standard InChI is InChI=1S/C14H26O3Si/c1-11(15)14(9-7-8-12(16)10-14)17-18(5,6)13(2,3)4/h7-8,12,16H,9-10H2,1-6H3/t12-,14+/m1/s1. The molecule has 0 amide bonds. The van der Waals surface area contributed by atoms with Gasteiger partial charge in [-0.25, -0.2) is 0 Å². The van der Waals surface area contributed by atoms with Gasteiger partial charge in [0.1, 0.15) is 5.60 Å². The lowest BCUT2D eigenvalue weighted by Gasteiger charge is -2.45. The fraction of sp³-hybridized carbons (Fsp3) is 0.786. The summed E-state index contributed by atoms with van der Waals surface area (Å²) in [6.07, 6.45) is 3.99. The summed E-state index contributed by atoms with van der Waals surface area (Å²) >= 11 is 0. The summed E-state index contributed by atoms with van der Waals surface area (Å²) in [5, 5.41) is 9.85. The van der Waals surface area contributed by atoms with E-state index in [1.165, 1.54) is 0 Å². The fourth-order valence-electron chi connectivity index (χ4n) is 1.99. The number of rotatable bonds is 3. The van der Waals surface area contributed by atoms with E-state index >= 15 is 0 Å². The van der Waals surface area contributed by atoms with E-state index < -0.39 is 20.0 Å². The quantitative estimate of drug-likeness (QED) is 0.633. The highest BCUT2D eigenvalue weighted by atomic mass is 28.4. The van der Waals surface area contributed by atoms with E-state index in [2.05, 4.69) is 33.9 Å². The van der Waals surface area contributed by atoms with Crippen LogP contribution in [0.15, 0.2) is 12.2 Å². The molecule has 0 saturated carbocycles. The number of carbonyl (C=O) groups is 1. The van der Waals surface area contributed by atoms with Gasteiger partial charge in [-0.2, -0.15) is 0 Å². The highest BCUT2D eigenvalue weighted by Crippen LogP contribution is 2.42. The van der Waals surface area contributed by atoms with Crippen molar-refractivity contribution >= 4 is 14.1 Å². The zero-order chi connectivity index (χ0) is 14.2. The Labute approximate surface area is 111 Å². The maximum atomic E-state index is 12.0. The van der Waals surface area contributed by atoms with Crippen LogP contribution < -0.4 is 0 Å². The summed E-state index contributed by atoms with van der Waals surface area (Å²) in [6.45, 7) is 12.3. The molecule has 104 valence electrons. The molecule has 1 rings (SSSR count). The van der Waals surface area contributed by atoms with E-state index in [4.69, 9.17) is 4.43 Å². The SMILES string of the molecule is CC(=O)[C@]1(O[Si](C)(C)C(C)(C)C)CC=C[C@@H](O)C1. The zero-order valence-corrected chi connectivity index (χ0v) is 13.4. The van der Waals surface area contributed by atoms with E-state index in [0.717, 1.165) is 0 Å². The first-order chi connectivity index (χ1) is 8.00. The van der Waals surface area contributed by atoms with Gasteiger partial charge in [-0.3, -0.25) is 4.79 Å². The maximum Gasteiger partial charge on any atom is 0.193 e. The number of aliphatic hydroxyl groups excluding tert-OH is 1. The number of Topliss-reactive ketones (excluding diaryl/α,β-unsaturated/α-hetero) is 1. The van der Waals surface area contributed by atoms with Crippen LogP contribution in [0.25, 0.3) is 0 Å². The summed E-state index contributed by atoms with van der Waals surface area (Å²) in [7, 11) is -2.02. The molecular formula is C14H26O3Si. The van der Waals surface area contributed by atoms with Crippen LogP contribution >= 0.6 is 0 Å². The Morgan fingerprint density at radius 2 is 2.00 bits per heavy atom. The summed E-state index contributed by atoms with van der Waals surface area (Å²) in [4.78, 5) is 12.0. The minimum Gasteiger partial charge on any atom is -0.404 e. The topological polar surface area (TPSA) is 46.5 Å². The minimum atomic E-state index is -2.02. The molecule has 0 bridgehead atoms. The van der Waals surface area contributed by atoms with Gasteiger partial charge >= 0.3 is 0 Å². The molecule has 0 unspecified atom stereocenters. The molecule has 0 aromatic rings. The van der Waals surface area contributed by atoms with Crippen LogP contribution in [-0.4, -0.2) is 30.9 Å². The number of ketones is 1. The van der Waals surface area contributed by atoms with Gasteiger partial charge < -0.3 is 9.53 Å². The van der Waals surface area contributed by atoms with Crippen molar-refractivity contribution in [2.24, 2.45) is 0 Å². The van der Waals surface area contributed by atoms with E-state index in [1.807, 2.05) is 6.08 Å². The van der Waals surface area contributed by atoms with Gasteiger partial charge in [-0.15, -0.1) is 0 Å². The molecular weight excluding hydrogens is 244 g/mol. The summed E-state index contributed by atoms with van der Waals surface area (Å²) in [5.74, 6) is 0.0238. The van der Waals surface area contributed by atoms with Crippen molar-refractivity contribution in [1.29, 1.82) is 0 Å². The molecule has 1 aliphatic carbocycles. The second-order valence-corrected chi connectivity index (χ2v) is 11.5. The third-order valence-electron chi connectivity index (χ3n) is 4.24. The predicted octanol–water partition coefficient (Wildman–Crippen LogP) is 3.05. The smallest absolute Gasteiger partial charge is 0.193 e. The third-order valence-corrected chi connectivity index (χ3v) is 8.76. The van der Waals surface area contributed by atoms with Gasteiger partial charge in [0.25, 0.3) is 0 Å². The lowest BCUT2D eigenvalue weighted by Crippen LogP contribution is -2.54. The molecule has 0 aliphatic heterocycles. The van der Waals surface area contributed by atoms with Crippen LogP contribution in [0.3, 0.4) is 0 Å². The number of carbonyl (C=O) groups excluding carboxylic acids is 1. The lowest BCUT2D eigenvalue weighted by atomic mass is 9.85. The van der Waals surface area contributed by atoms with Gasteiger partial charge in [0.15, 0.2) is 14.1 Å². The molecule has 0 spiro atoms. The number of hydrogen-bond acceptors (Lipinski definition) is 3. The lowest BCUT2D eigenvalue weighted by molar-refractivity contribution is -0.136. The van der Waals surface area contributed by atoms with Crippen molar-refractivity contribution in [3.05, 3.63) is 12.2 Å². The van der Waals surface area contributed by atoms with Crippen molar-refractivity contribution in [2.75, 3.05) is 0 Å². The van der Waals surface area contributed by atoms with E-state index in [1.54, 1.807) is 13.0 Å². The van der Waals surface area contributed by atoms with Crippen LogP contribution in [0, 0.1) is 0 Å². The van der Waals surface area contributed by atoms with E-state index in [-0.39, 0.29) is 10.8 Å². The average Bonchev–Trinajstić information content (AvgIpc) is 2.14. The Balaban J connectivity index is 3.02. The van der Waals surface area contributed by atoms with Crippen molar-refractivity contribution in [2.45, 2.75) is 70.4 Å². The molecule has 1 N–H and O–H groups in total. The largest absolute Gasteiger partial charge is 0.404 e. The van der Waals surface area contributed by atoms with Gasteiger partial charge in [-0.1, -0.05) is 32.9 Å². The monoisotopic (exact) mass is 270 g/mol. The Hall–Kier alpha value is -0.453. The first kappa shape index (κ1) is 15.6. The Kier molecular flexibility index (Phi) is 4.25. The molecule has 0 aromatic carbocycles. The van der Waals surface area contributed by atoms with Crippen LogP contribution in [0.5, 0.6) is 0 Å². The molecule has 4 heteroatoms. The number of aliphatic hydroxyl groups is 1. The average molecular weight is 270 g/mol. The molecule has 18 heavy (non-hydrogen) atoms. The van der Waals surface area contributed by atoms with Crippen LogP contribution in [0.1, 0.15) is 40.5 Å². The van der Waals surface area contributed by atoms with E-state index in [9.17, 15) is 9.90 Å². The zero-order valence-electron chi connectivity index (χ0n) is 12.4. The van der Waals surface area contributed by atoms with Crippen LogP contribution in [0.4, 0.5) is 0 Å². The Bertz CT molecular complexity index is 355. The van der Waals surface area contributed by atoms with Crippen molar-refractivity contribution in [3.8, 4) is 0 Å². The van der Waals surface area contributed by atoms with Gasteiger partial charge in [0.05, 0.1) is 6.10 Å². The molecule has 0 heterocycles. The van der Waals surface area contributed by atoms with Crippen molar-refractivity contribution in [3.63, 3.8) is 0 Å². The van der Waals surface area contributed by atoms with E-state index in [0.29, 0.717) is 12.8 Å². The second kappa shape index (κ2) is 4.91. The van der Waals surface area contributed by atoms with Crippen molar-refractivity contribution in [1.82, 2.24) is 0 Å². The van der Waals surface area contributed by atoms with Crippen LogP contribution in [-0.2, 0) is 9.22 Å². The van der Waals surface area contributed by atoms with Gasteiger partial charge in [0, 0.05) is 12.8 Å². The Morgan fingerprint density at radius 1 is 1.44 bits per heavy atom. The van der Waals surface area contributed by atoms with Crippen molar-refractivity contribution < 1.29 is 14.3 Å². The first-order valence-corrected chi connectivity index (χ1v) is 9.47. The minimum absolute atomic E-state index is 0.0238. The normalized spacial score (nSPS) is 29.4. The molecule has 1 aliphatic rings. The summed E-state index contributed by atoms with van der Waals surface area (Å²) in [5.41, 5.74) is -0.822. The molecule has 2 atom stereocenters. The molecule has 0 saturated heterocycles. The fourth-order valence-corrected chi connectivity index (χ4v) is 3.58. The molecule has 0 aromatic heterocycles. The van der Waals surface area contributed by atoms with Gasteiger partial charge in [-0.05, 0) is 25.1 Å². The molecule has 0 fully saturated rings.